The van der Waals surface area contributed by atoms with Crippen molar-refractivity contribution in [1.82, 2.24) is 9.97 Å². The maximum atomic E-state index is 14.7. The molecule has 0 fully saturated rings. The number of rotatable bonds is 4. The first-order valence-electron chi connectivity index (χ1n) is 7.45. The van der Waals surface area contributed by atoms with Gasteiger partial charge in [0.2, 0.25) is 0 Å². The molecule has 0 bridgehead atoms. The molecule has 0 saturated carbocycles. The Labute approximate surface area is 158 Å². The number of alkyl halides is 1. The highest BCUT2D eigenvalue weighted by atomic mass is 35.5. The third kappa shape index (κ3) is 3.43. The fourth-order valence-electron chi connectivity index (χ4n) is 2.65. The molecule has 134 valence electrons. The summed E-state index contributed by atoms with van der Waals surface area (Å²) in [5.41, 5.74) is 7.62. The van der Waals surface area contributed by atoms with Gasteiger partial charge in [-0.1, -0.05) is 11.6 Å². The molecule has 2 aromatic heterocycles. The van der Waals surface area contributed by atoms with Gasteiger partial charge in [-0.05, 0) is 29.8 Å². The monoisotopic (exact) mass is 395 g/mol. The van der Waals surface area contributed by atoms with Crippen molar-refractivity contribution in [2.45, 2.75) is 5.88 Å². The zero-order valence-electron chi connectivity index (χ0n) is 13.6. The van der Waals surface area contributed by atoms with E-state index in [1.807, 2.05) is 0 Å². The van der Waals surface area contributed by atoms with Crippen LogP contribution in [0.25, 0.3) is 22.4 Å². The fourth-order valence-corrected chi connectivity index (χ4v) is 3.04. The summed E-state index contributed by atoms with van der Waals surface area (Å²) in [6.07, 6.45) is 0.990. The van der Waals surface area contributed by atoms with Crippen LogP contribution in [-0.4, -0.2) is 17.1 Å². The average Bonchev–Trinajstić information content (AvgIpc) is 2.62. The molecule has 26 heavy (non-hydrogen) atoms. The summed E-state index contributed by atoms with van der Waals surface area (Å²) >= 11 is 11.9. The lowest BCUT2D eigenvalue weighted by molar-refractivity contribution is 0.412. The van der Waals surface area contributed by atoms with Gasteiger partial charge in [0.25, 0.3) is 0 Å². The molecular formula is C18H13Cl2F2N3O. The highest BCUT2D eigenvalue weighted by Crippen LogP contribution is 2.41. The van der Waals surface area contributed by atoms with Crippen LogP contribution in [0, 0.1) is 11.6 Å². The van der Waals surface area contributed by atoms with Crippen molar-refractivity contribution in [1.29, 1.82) is 0 Å². The lowest BCUT2D eigenvalue weighted by atomic mass is 9.96. The van der Waals surface area contributed by atoms with Gasteiger partial charge in [0.1, 0.15) is 28.4 Å². The van der Waals surface area contributed by atoms with Crippen molar-refractivity contribution in [2.24, 2.45) is 0 Å². The number of anilines is 1. The van der Waals surface area contributed by atoms with Crippen LogP contribution in [0.1, 0.15) is 5.56 Å². The minimum absolute atomic E-state index is 0.0445. The van der Waals surface area contributed by atoms with E-state index in [4.69, 9.17) is 33.7 Å². The van der Waals surface area contributed by atoms with Gasteiger partial charge in [0, 0.05) is 23.1 Å². The summed E-state index contributed by atoms with van der Waals surface area (Å²) < 4.78 is 33.5. The Balaban J connectivity index is 2.35. The van der Waals surface area contributed by atoms with Gasteiger partial charge in [-0.2, -0.15) is 0 Å². The van der Waals surface area contributed by atoms with Gasteiger partial charge in [-0.25, -0.2) is 18.7 Å². The highest BCUT2D eigenvalue weighted by molar-refractivity contribution is 6.29. The number of ether oxygens (including phenoxy) is 1. The van der Waals surface area contributed by atoms with E-state index in [9.17, 15) is 8.78 Å². The molecule has 2 heterocycles. The van der Waals surface area contributed by atoms with Crippen LogP contribution in [0.5, 0.6) is 5.75 Å². The second-order valence-corrected chi connectivity index (χ2v) is 6.06. The average molecular weight is 396 g/mol. The van der Waals surface area contributed by atoms with E-state index in [0.717, 1.165) is 12.3 Å². The molecule has 0 radical (unpaired) electrons. The number of benzene rings is 1. The third-order valence-corrected chi connectivity index (χ3v) is 4.26. The number of nitrogens with two attached hydrogens (primary N) is 1. The Morgan fingerprint density at radius 2 is 1.92 bits per heavy atom. The summed E-state index contributed by atoms with van der Waals surface area (Å²) in [7, 11) is 1.36. The fraction of sp³-hybridized carbons (Fsp3) is 0.111. The van der Waals surface area contributed by atoms with Crippen LogP contribution >= 0.6 is 23.2 Å². The molecule has 1 aromatic carbocycles. The third-order valence-electron chi connectivity index (χ3n) is 3.76. The van der Waals surface area contributed by atoms with E-state index in [0.29, 0.717) is 16.8 Å². The van der Waals surface area contributed by atoms with Crippen molar-refractivity contribution in [3.63, 3.8) is 0 Å². The maximum Gasteiger partial charge on any atom is 0.150 e. The van der Waals surface area contributed by atoms with Gasteiger partial charge in [0.05, 0.1) is 24.6 Å². The lowest BCUT2D eigenvalue weighted by Gasteiger charge is -2.16. The Bertz CT molecular complexity index is 983. The number of halogens is 4. The number of nitrogen functional groups attached to an aromatic ring is 1. The molecule has 3 rings (SSSR count). The van der Waals surface area contributed by atoms with E-state index >= 15 is 0 Å². The molecule has 0 unspecified atom stereocenters. The van der Waals surface area contributed by atoms with Gasteiger partial charge >= 0.3 is 0 Å². The Hall–Kier alpha value is -2.44. The Morgan fingerprint density at radius 1 is 1.15 bits per heavy atom. The van der Waals surface area contributed by atoms with E-state index < -0.39 is 11.6 Å². The van der Waals surface area contributed by atoms with Crippen LogP contribution in [-0.2, 0) is 5.88 Å². The first-order chi connectivity index (χ1) is 12.4. The second-order valence-electron chi connectivity index (χ2n) is 5.40. The Kier molecular flexibility index (Phi) is 5.25. The van der Waals surface area contributed by atoms with Gasteiger partial charge in [-0.15, -0.1) is 11.6 Å². The largest absolute Gasteiger partial charge is 0.496 e. The zero-order valence-corrected chi connectivity index (χ0v) is 15.1. The molecule has 0 atom stereocenters. The number of hydrogen-bond acceptors (Lipinski definition) is 4. The van der Waals surface area contributed by atoms with Crippen LogP contribution in [0.15, 0.2) is 36.5 Å². The Morgan fingerprint density at radius 3 is 2.62 bits per heavy atom. The molecule has 0 saturated heterocycles. The second kappa shape index (κ2) is 7.43. The van der Waals surface area contributed by atoms with E-state index in [-0.39, 0.29) is 33.7 Å². The first-order valence-corrected chi connectivity index (χ1v) is 8.36. The summed E-state index contributed by atoms with van der Waals surface area (Å²) in [6, 6.07) is 7.00. The number of pyridine rings is 2. The van der Waals surface area contributed by atoms with Crippen LogP contribution in [0.4, 0.5) is 14.6 Å². The maximum absolute atomic E-state index is 14.7. The zero-order chi connectivity index (χ0) is 18.8. The first kappa shape index (κ1) is 18.4. The van der Waals surface area contributed by atoms with Crippen molar-refractivity contribution in [3.05, 3.63) is 58.9 Å². The molecule has 2 N–H and O–H groups in total. The molecule has 0 amide bonds. The number of hydrogen-bond donors (Lipinski definition) is 1. The predicted molar refractivity (Wildman–Crippen MR) is 98.4 cm³/mol. The molecule has 8 heteroatoms. The van der Waals surface area contributed by atoms with Crippen molar-refractivity contribution >= 4 is 29.0 Å². The molecular weight excluding hydrogens is 383 g/mol. The van der Waals surface area contributed by atoms with Crippen LogP contribution in [0.3, 0.4) is 0 Å². The summed E-state index contributed by atoms with van der Waals surface area (Å²) in [5.74, 6) is -0.792. The van der Waals surface area contributed by atoms with E-state index in [1.54, 1.807) is 12.1 Å². The van der Waals surface area contributed by atoms with E-state index in [2.05, 4.69) is 9.97 Å². The molecule has 0 aliphatic heterocycles. The van der Waals surface area contributed by atoms with Crippen LogP contribution in [0.2, 0.25) is 5.15 Å². The molecule has 0 aliphatic carbocycles. The summed E-state index contributed by atoms with van der Waals surface area (Å²) in [4.78, 5) is 8.09. The normalized spacial score (nSPS) is 10.8. The number of aromatic nitrogens is 2. The molecule has 0 spiro atoms. The topological polar surface area (TPSA) is 61.0 Å². The van der Waals surface area contributed by atoms with E-state index in [1.165, 1.54) is 19.2 Å². The van der Waals surface area contributed by atoms with Gasteiger partial charge in [0.15, 0.2) is 0 Å². The SMILES string of the molecule is COc1cc(F)ccc1-c1c(F)cnc(N)c1-c1cc(CCl)cc(Cl)n1. The van der Waals surface area contributed by atoms with Crippen molar-refractivity contribution in [3.8, 4) is 28.1 Å². The minimum atomic E-state index is -0.659. The number of methoxy groups -OCH3 is 1. The van der Waals surface area contributed by atoms with Gasteiger partial charge < -0.3 is 10.5 Å². The summed E-state index contributed by atoms with van der Waals surface area (Å²) in [6.45, 7) is 0. The predicted octanol–water partition coefficient (Wildman–Crippen LogP) is 5.07. The van der Waals surface area contributed by atoms with Crippen molar-refractivity contribution in [2.75, 3.05) is 12.8 Å². The molecule has 3 aromatic rings. The van der Waals surface area contributed by atoms with Gasteiger partial charge in [-0.3, -0.25) is 0 Å². The quantitative estimate of drug-likeness (QED) is 0.494. The molecule has 0 aliphatic rings. The molecule has 4 nitrogen and oxygen atoms in total. The minimum Gasteiger partial charge on any atom is -0.496 e. The number of nitrogens with zero attached hydrogens (tertiary/aromatic N) is 2. The lowest BCUT2D eigenvalue weighted by Crippen LogP contribution is -2.02. The standard InChI is InChI=1S/C18H13Cl2F2N3O/c1-26-14-6-10(21)2-3-11(14)16-12(22)8-24-18(23)17(16)13-4-9(7-19)5-15(20)25-13/h2-6,8H,7H2,1H3,(H2,23,24). The highest BCUT2D eigenvalue weighted by Gasteiger charge is 2.22. The van der Waals surface area contributed by atoms with Crippen molar-refractivity contribution < 1.29 is 13.5 Å². The summed E-state index contributed by atoms with van der Waals surface area (Å²) in [5, 5.41) is 0.179. The smallest absolute Gasteiger partial charge is 0.150 e. The van der Waals surface area contributed by atoms with Crippen LogP contribution < -0.4 is 10.5 Å².